The Kier molecular flexibility index (Phi) is 7.96. The van der Waals surface area contributed by atoms with Crippen molar-refractivity contribution in [3.8, 4) is 33.4 Å². The minimum absolute atomic E-state index is 0.0266. The van der Waals surface area contributed by atoms with E-state index in [1.54, 1.807) is 0 Å². The van der Waals surface area contributed by atoms with Crippen LogP contribution in [0.2, 0.25) is 0 Å². The highest BCUT2D eigenvalue weighted by Crippen LogP contribution is 2.47. The fourth-order valence-corrected chi connectivity index (χ4v) is 9.22. The van der Waals surface area contributed by atoms with Crippen molar-refractivity contribution in [1.82, 2.24) is 0 Å². The lowest BCUT2D eigenvalue weighted by atomic mass is 9.83. The molecule has 0 aliphatic carbocycles. The summed E-state index contributed by atoms with van der Waals surface area (Å²) >= 11 is 0. The van der Waals surface area contributed by atoms with Crippen molar-refractivity contribution in [3.63, 3.8) is 0 Å². The Labute approximate surface area is 322 Å². The molecule has 1 heteroatoms. The van der Waals surface area contributed by atoms with Crippen LogP contribution in [-0.4, -0.2) is 0 Å². The molecule has 1 aliphatic heterocycles. The number of benzene rings is 9. The molecule has 0 fully saturated rings. The third-order valence-corrected chi connectivity index (χ3v) is 11.5. The normalized spacial score (nSPS) is 14.1. The van der Waals surface area contributed by atoms with Gasteiger partial charge in [0.1, 0.15) is 0 Å². The molecule has 9 aromatic rings. The first-order valence-electron chi connectivity index (χ1n) is 19.2. The second-order valence-corrected chi connectivity index (χ2v) is 15.0. The summed E-state index contributed by atoms with van der Waals surface area (Å²) in [5.74, 6) is 0. The quantitative estimate of drug-likeness (QED) is 0.159. The lowest BCUT2D eigenvalue weighted by Gasteiger charge is -2.37. The van der Waals surface area contributed by atoms with Crippen molar-refractivity contribution in [3.05, 3.63) is 215 Å². The summed E-state index contributed by atoms with van der Waals surface area (Å²) in [6.07, 6.45) is 6.48. The summed E-state index contributed by atoms with van der Waals surface area (Å²) in [6, 6.07) is 60.3. The summed E-state index contributed by atoms with van der Waals surface area (Å²) in [4.78, 5) is 0. The van der Waals surface area contributed by atoms with Crippen LogP contribution >= 0.6 is 0 Å². The van der Waals surface area contributed by atoms with E-state index in [0.717, 1.165) is 11.3 Å². The van der Waals surface area contributed by atoms with E-state index < -0.39 is 0 Å². The lowest BCUT2D eigenvalue weighted by molar-refractivity contribution is 1.05. The third kappa shape index (κ3) is 5.55. The number of rotatable bonds is 5. The molecule has 1 unspecified atom stereocenters. The van der Waals surface area contributed by atoms with Gasteiger partial charge in [0.2, 0.25) is 0 Å². The highest BCUT2D eigenvalue weighted by molar-refractivity contribution is 6.24. The Morgan fingerprint density at radius 1 is 0.418 bits per heavy atom. The van der Waals surface area contributed by atoms with Crippen LogP contribution in [0.15, 0.2) is 182 Å². The number of hydrogen-bond acceptors (Lipinski definition) is 0. The fraction of sp³-hybridized carbons (Fsp3) is 0.0741. The Bertz CT molecular complexity index is 2950. The second kappa shape index (κ2) is 13.3. The first-order valence-corrected chi connectivity index (χ1v) is 19.2. The van der Waals surface area contributed by atoms with Gasteiger partial charge in [-0.15, -0.1) is 5.70 Å². The molecule has 1 aliphatic rings. The van der Waals surface area contributed by atoms with Gasteiger partial charge in [-0.2, -0.15) is 0 Å². The highest BCUT2D eigenvalue weighted by atomic mass is 14.9. The summed E-state index contributed by atoms with van der Waals surface area (Å²) in [6.45, 7) is 6.67. The molecule has 9 aromatic carbocycles. The van der Waals surface area contributed by atoms with Crippen LogP contribution in [0.3, 0.4) is 0 Å². The van der Waals surface area contributed by atoms with Gasteiger partial charge in [-0.05, 0) is 114 Å². The summed E-state index contributed by atoms with van der Waals surface area (Å²) in [7, 11) is 0. The number of fused-ring (bicyclic) bond motifs is 4. The van der Waals surface area contributed by atoms with E-state index in [0.29, 0.717) is 0 Å². The van der Waals surface area contributed by atoms with Gasteiger partial charge in [-0.1, -0.05) is 199 Å². The minimum Gasteiger partial charge on any atom is -0.674 e. The summed E-state index contributed by atoms with van der Waals surface area (Å²) in [5.41, 5.74) is 14.9. The molecule has 55 heavy (non-hydrogen) atoms. The van der Waals surface area contributed by atoms with Crippen LogP contribution in [-0.2, 0) is 0 Å². The maximum absolute atomic E-state index is 5.26. The van der Waals surface area contributed by atoms with Gasteiger partial charge in [0.05, 0.1) is 0 Å². The molecule has 10 rings (SSSR count). The van der Waals surface area contributed by atoms with Crippen LogP contribution in [0.1, 0.15) is 33.9 Å². The number of nitrogens with zero attached hydrogens (tertiary/aromatic N) is 1. The van der Waals surface area contributed by atoms with E-state index in [1.165, 1.54) is 98.7 Å². The maximum atomic E-state index is 5.26. The van der Waals surface area contributed by atoms with E-state index in [4.69, 9.17) is 5.32 Å². The van der Waals surface area contributed by atoms with Gasteiger partial charge in [0.25, 0.3) is 0 Å². The molecule has 1 heterocycles. The highest BCUT2D eigenvalue weighted by Gasteiger charge is 2.20. The smallest absolute Gasteiger partial charge is 0.00201 e. The predicted octanol–water partition coefficient (Wildman–Crippen LogP) is 15.3. The van der Waals surface area contributed by atoms with Crippen molar-refractivity contribution in [1.29, 1.82) is 0 Å². The van der Waals surface area contributed by atoms with Crippen LogP contribution < -0.4 is 0 Å². The predicted molar refractivity (Wildman–Crippen MR) is 237 cm³/mol. The fourth-order valence-electron chi connectivity index (χ4n) is 9.22. The molecule has 0 bridgehead atoms. The molecule has 0 radical (unpaired) electrons. The zero-order chi connectivity index (χ0) is 37.0. The average molecular weight is 703 g/mol. The minimum atomic E-state index is -0.0266. The van der Waals surface area contributed by atoms with E-state index in [9.17, 15) is 0 Å². The third-order valence-electron chi connectivity index (χ3n) is 11.5. The summed E-state index contributed by atoms with van der Waals surface area (Å²) < 4.78 is 0. The first-order chi connectivity index (χ1) is 27.0. The molecule has 0 amide bonds. The lowest BCUT2D eigenvalue weighted by Crippen LogP contribution is -2.00. The maximum Gasteiger partial charge on any atom is -0.00201 e. The Balaban J connectivity index is 1.09. The Hall–Kier alpha value is -6.70. The van der Waals surface area contributed by atoms with Gasteiger partial charge < -0.3 is 5.32 Å². The number of aryl methyl sites for hydroxylation is 3. The first kappa shape index (κ1) is 32.9. The Morgan fingerprint density at radius 3 is 1.53 bits per heavy atom. The van der Waals surface area contributed by atoms with Gasteiger partial charge in [-0.3, -0.25) is 0 Å². The standard InChI is InChI=1S/C54H40N/c1-34-32-35(2)52(36(3)33-34)48-30-31-49(42-18-7-6-17-41(42)48)54-46-21-10-8-19-44(46)53(45-20-9-11-22-47(45)54)39-28-26-38(27-29-39)50-24-13-25-51(55-50)43-23-12-15-37-14-4-5-16-40(37)43/h4-33,51H,1-3H3/q-1. The zero-order valence-electron chi connectivity index (χ0n) is 31.3. The molecule has 0 N–H and O–H groups in total. The van der Waals surface area contributed by atoms with Crippen LogP contribution in [0.4, 0.5) is 0 Å². The molecular weight excluding hydrogens is 663 g/mol. The molecule has 0 saturated carbocycles. The van der Waals surface area contributed by atoms with Crippen molar-refractivity contribution < 1.29 is 0 Å². The average Bonchev–Trinajstić information content (AvgIpc) is 3.22. The molecule has 1 atom stereocenters. The van der Waals surface area contributed by atoms with Crippen molar-refractivity contribution in [2.24, 2.45) is 0 Å². The van der Waals surface area contributed by atoms with Crippen molar-refractivity contribution >= 4 is 48.8 Å². The van der Waals surface area contributed by atoms with E-state index >= 15 is 0 Å². The second-order valence-electron chi connectivity index (χ2n) is 15.0. The molecule has 0 aromatic heterocycles. The molecule has 262 valence electrons. The molecule has 1 nitrogen and oxygen atoms in total. The molecule has 0 spiro atoms. The Morgan fingerprint density at radius 2 is 0.909 bits per heavy atom. The van der Waals surface area contributed by atoms with E-state index in [2.05, 4.69) is 203 Å². The summed E-state index contributed by atoms with van der Waals surface area (Å²) in [5, 5.41) is 15.3. The van der Waals surface area contributed by atoms with E-state index in [-0.39, 0.29) is 6.04 Å². The molecular formula is C54H40N-. The SMILES string of the molecule is Cc1cc(C)c(-c2ccc(-c3c4ccccc4c(-c4ccc(C5=CC=CC(c6cccc7ccccc67)[N-]5)cc4)c4ccccc34)c3ccccc23)c(C)c1. The van der Waals surface area contributed by atoms with Gasteiger partial charge in [-0.25, -0.2) is 0 Å². The van der Waals surface area contributed by atoms with Crippen molar-refractivity contribution in [2.75, 3.05) is 0 Å². The largest absolute Gasteiger partial charge is 0.674 e. The zero-order valence-corrected chi connectivity index (χ0v) is 31.3. The van der Waals surface area contributed by atoms with Crippen LogP contribution in [0.25, 0.3) is 87.5 Å². The van der Waals surface area contributed by atoms with Crippen LogP contribution in [0, 0.1) is 20.8 Å². The number of hydrogen-bond donors (Lipinski definition) is 0. The topological polar surface area (TPSA) is 14.1 Å². The molecule has 0 saturated heterocycles. The van der Waals surface area contributed by atoms with Gasteiger partial charge in [0.15, 0.2) is 0 Å². The van der Waals surface area contributed by atoms with Gasteiger partial charge >= 0.3 is 0 Å². The van der Waals surface area contributed by atoms with E-state index in [1.807, 2.05) is 0 Å². The number of allylic oxidation sites excluding steroid dienone is 2. The van der Waals surface area contributed by atoms with Gasteiger partial charge in [0, 0.05) is 0 Å². The van der Waals surface area contributed by atoms with Crippen molar-refractivity contribution in [2.45, 2.75) is 26.8 Å². The van der Waals surface area contributed by atoms with Crippen LogP contribution in [0.5, 0.6) is 0 Å². The monoisotopic (exact) mass is 702 g/mol.